The topological polar surface area (TPSA) is 103 Å². The van der Waals surface area contributed by atoms with E-state index >= 15 is 0 Å². The molecular formula is C17H21F2N7O2. The van der Waals surface area contributed by atoms with Gasteiger partial charge in [-0.15, -0.1) is 0 Å². The molecule has 4 heterocycles. The molecule has 2 saturated heterocycles. The highest BCUT2D eigenvalue weighted by Gasteiger charge is 2.24. The fraction of sp³-hybridized carbons (Fsp3) is 0.529. The molecule has 0 aliphatic carbocycles. The van der Waals surface area contributed by atoms with Gasteiger partial charge in [-0.3, -0.25) is 0 Å². The molecule has 2 aliphatic heterocycles. The number of hydrogen-bond donors (Lipinski definition) is 1. The second kappa shape index (κ2) is 8.15. The van der Waals surface area contributed by atoms with Crippen LogP contribution in [0, 0.1) is 0 Å². The quantitative estimate of drug-likeness (QED) is 0.819. The van der Waals surface area contributed by atoms with Crippen LogP contribution in [0.3, 0.4) is 0 Å². The van der Waals surface area contributed by atoms with E-state index in [4.69, 9.17) is 15.2 Å². The number of pyridine rings is 1. The summed E-state index contributed by atoms with van der Waals surface area (Å²) in [5.41, 5.74) is 5.49. The van der Waals surface area contributed by atoms with Crippen LogP contribution in [0.2, 0.25) is 0 Å². The molecule has 0 amide bonds. The average Bonchev–Trinajstić information content (AvgIpc) is 2.74. The standard InChI is InChI=1S/C17H21F2N7O2/c18-14(19)11-9-13(20)21-10-12(11)15-22-16(25-1-5-27-6-2-25)24-17(23-15)26-3-7-28-8-4-26/h9-10,14H,1-8H2,(H2,20,21). The smallest absolute Gasteiger partial charge is 0.264 e. The molecule has 2 aromatic heterocycles. The van der Waals surface area contributed by atoms with E-state index in [1.54, 1.807) is 0 Å². The number of aromatic nitrogens is 4. The van der Waals surface area contributed by atoms with Crippen molar-refractivity contribution >= 4 is 17.7 Å². The maximum Gasteiger partial charge on any atom is 0.264 e. The van der Waals surface area contributed by atoms with Gasteiger partial charge < -0.3 is 25.0 Å². The van der Waals surface area contributed by atoms with Gasteiger partial charge in [0.1, 0.15) is 5.82 Å². The first-order chi connectivity index (χ1) is 13.6. The monoisotopic (exact) mass is 393 g/mol. The molecule has 0 radical (unpaired) electrons. The van der Waals surface area contributed by atoms with Crippen LogP contribution in [-0.4, -0.2) is 72.5 Å². The van der Waals surface area contributed by atoms with Gasteiger partial charge in [-0.05, 0) is 6.07 Å². The van der Waals surface area contributed by atoms with E-state index in [0.29, 0.717) is 64.5 Å². The summed E-state index contributed by atoms with van der Waals surface area (Å²) < 4.78 is 38.0. The van der Waals surface area contributed by atoms with Crippen LogP contribution in [0.4, 0.5) is 26.5 Å². The van der Waals surface area contributed by atoms with Crippen LogP contribution in [0.25, 0.3) is 11.4 Å². The van der Waals surface area contributed by atoms with Crippen LogP contribution in [0.5, 0.6) is 0 Å². The number of ether oxygens (including phenoxy) is 2. The van der Waals surface area contributed by atoms with Gasteiger partial charge in [0.15, 0.2) is 5.82 Å². The van der Waals surface area contributed by atoms with Gasteiger partial charge in [0.05, 0.1) is 26.4 Å². The number of rotatable bonds is 4. The van der Waals surface area contributed by atoms with Crippen molar-refractivity contribution in [2.45, 2.75) is 6.43 Å². The molecule has 2 aromatic rings. The zero-order valence-corrected chi connectivity index (χ0v) is 15.2. The Balaban J connectivity index is 1.79. The number of anilines is 3. The Bertz CT molecular complexity index is 791. The highest BCUT2D eigenvalue weighted by atomic mass is 19.3. The number of hydrogen-bond acceptors (Lipinski definition) is 9. The first-order valence-corrected chi connectivity index (χ1v) is 9.07. The number of nitrogen functional groups attached to an aromatic ring is 1. The molecule has 0 atom stereocenters. The van der Waals surface area contributed by atoms with E-state index in [1.807, 2.05) is 9.80 Å². The third-order valence-electron chi connectivity index (χ3n) is 4.63. The van der Waals surface area contributed by atoms with E-state index in [0.717, 1.165) is 6.07 Å². The predicted molar refractivity (Wildman–Crippen MR) is 98.5 cm³/mol. The van der Waals surface area contributed by atoms with Crippen molar-refractivity contribution in [3.63, 3.8) is 0 Å². The van der Waals surface area contributed by atoms with Crippen molar-refractivity contribution in [1.82, 2.24) is 19.9 Å². The van der Waals surface area contributed by atoms with Crippen LogP contribution >= 0.6 is 0 Å². The van der Waals surface area contributed by atoms with E-state index < -0.39 is 6.43 Å². The molecule has 0 spiro atoms. The lowest BCUT2D eigenvalue weighted by molar-refractivity contribution is 0.121. The third-order valence-corrected chi connectivity index (χ3v) is 4.63. The number of alkyl halides is 2. The summed E-state index contributed by atoms with van der Waals surface area (Å²) in [6.07, 6.45) is -1.44. The Morgan fingerprint density at radius 3 is 1.93 bits per heavy atom. The van der Waals surface area contributed by atoms with E-state index in [2.05, 4.69) is 19.9 Å². The van der Waals surface area contributed by atoms with Gasteiger partial charge >= 0.3 is 0 Å². The third kappa shape index (κ3) is 3.94. The summed E-state index contributed by atoms with van der Waals surface area (Å²) in [7, 11) is 0. The Hall–Kier alpha value is -2.66. The van der Waals surface area contributed by atoms with Gasteiger partial charge in [-0.2, -0.15) is 15.0 Å². The average molecular weight is 393 g/mol. The van der Waals surface area contributed by atoms with E-state index in [1.165, 1.54) is 6.20 Å². The van der Waals surface area contributed by atoms with Gasteiger partial charge in [0.2, 0.25) is 11.9 Å². The fourth-order valence-electron chi connectivity index (χ4n) is 3.14. The summed E-state index contributed by atoms with van der Waals surface area (Å²) in [5.74, 6) is 1.05. The fourth-order valence-corrected chi connectivity index (χ4v) is 3.14. The van der Waals surface area contributed by atoms with Gasteiger partial charge in [0.25, 0.3) is 6.43 Å². The van der Waals surface area contributed by atoms with Crippen molar-refractivity contribution in [3.8, 4) is 11.4 Å². The molecule has 2 N–H and O–H groups in total. The molecular weight excluding hydrogens is 372 g/mol. The second-order valence-electron chi connectivity index (χ2n) is 6.45. The molecule has 0 aromatic carbocycles. The van der Waals surface area contributed by atoms with Gasteiger partial charge in [0, 0.05) is 43.5 Å². The van der Waals surface area contributed by atoms with Crippen LogP contribution in [-0.2, 0) is 9.47 Å². The Labute approximate surface area is 160 Å². The van der Waals surface area contributed by atoms with Gasteiger partial charge in [-0.25, -0.2) is 13.8 Å². The minimum absolute atomic E-state index is 0.0231. The molecule has 0 unspecified atom stereocenters. The van der Waals surface area contributed by atoms with Crippen molar-refractivity contribution in [1.29, 1.82) is 0 Å². The lowest BCUT2D eigenvalue weighted by atomic mass is 10.1. The minimum atomic E-state index is -2.73. The van der Waals surface area contributed by atoms with Crippen molar-refractivity contribution in [3.05, 3.63) is 17.8 Å². The summed E-state index contributed by atoms with van der Waals surface area (Å²) in [6, 6.07) is 1.16. The van der Waals surface area contributed by atoms with Crippen LogP contribution in [0.1, 0.15) is 12.0 Å². The molecule has 2 aliphatic rings. The first kappa shape index (κ1) is 18.7. The highest BCUT2D eigenvalue weighted by Crippen LogP contribution is 2.31. The zero-order valence-electron chi connectivity index (χ0n) is 15.2. The van der Waals surface area contributed by atoms with E-state index in [9.17, 15) is 8.78 Å². The maximum absolute atomic E-state index is 13.6. The lowest BCUT2D eigenvalue weighted by Crippen LogP contribution is -2.40. The molecule has 0 saturated carbocycles. The Morgan fingerprint density at radius 1 is 0.893 bits per heavy atom. The maximum atomic E-state index is 13.6. The normalized spacial score (nSPS) is 18.0. The number of nitrogens with zero attached hydrogens (tertiary/aromatic N) is 6. The molecule has 28 heavy (non-hydrogen) atoms. The van der Waals surface area contributed by atoms with Crippen LogP contribution < -0.4 is 15.5 Å². The largest absolute Gasteiger partial charge is 0.384 e. The molecule has 9 nitrogen and oxygen atoms in total. The minimum Gasteiger partial charge on any atom is -0.384 e. The van der Waals surface area contributed by atoms with Crippen molar-refractivity contribution in [2.24, 2.45) is 0 Å². The Kier molecular flexibility index (Phi) is 5.44. The number of halogens is 2. The van der Waals surface area contributed by atoms with Crippen molar-refractivity contribution in [2.75, 3.05) is 68.1 Å². The second-order valence-corrected chi connectivity index (χ2v) is 6.45. The predicted octanol–water partition coefficient (Wildman–Crippen LogP) is 1.13. The summed E-state index contributed by atoms with van der Waals surface area (Å²) in [4.78, 5) is 21.4. The summed E-state index contributed by atoms with van der Waals surface area (Å²) in [5, 5.41) is 0. The van der Waals surface area contributed by atoms with E-state index in [-0.39, 0.29) is 22.8 Å². The molecule has 2 fully saturated rings. The molecule has 11 heteroatoms. The van der Waals surface area contributed by atoms with Gasteiger partial charge in [-0.1, -0.05) is 0 Å². The lowest BCUT2D eigenvalue weighted by Gasteiger charge is -2.30. The molecule has 150 valence electrons. The highest BCUT2D eigenvalue weighted by molar-refractivity contribution is 5.64. The Morgan fingerprint density at radius 2 is 1.43 bits per heavy atom. The SMILES string of the molecule is Nc1cc(C(F)F)c(-c2nc(N3CCOCC3)nc(N3CCOCC3)n2)cn1. The van der Waals surface area contributed by atoms with Crippen molar-refractivity contribution < 1.29 is 18.3 Å². The number of nitrogens with two attached hydrogens (primary N) is 1. The molecule has 0 bridgehead atoms. The summed E-state index contributed by atoms with van der Waals surface area (Å²) in [6.45, 7) is 4.70. The van der Waals surface area contributed by atoms with Crippen LogP contribution in [0.15, 0.2) is 12.3 Å². The molecule has 4 rings (SSSR count). The zero-order chi connectivity index (χ0) is 19.5. The first-order valence-electron chi connectivity index (χ1n) is 9.07. The summed E-state index contributed by atoms with van der Waals surface area (Å²) >= 11 is 0. The number of morpholine rings is 2.